The SMILES string of the molecule is Cc1cc(/C=C2\C(=O)NC(=O)N(c3ccc(C45CC6CC(CC(C6)C4)C5)cc3)C2=O)c(C)n1-c1ccc(OCc2ccc(Cl)cc2)cc1. The first kappa shape index (κ1) is 30.7. The third-order valence-corrected chi connectivity index (χ3v) is 11.3. The van der Waals surface area contributed by atoms with E-state index in [0.29, 0.717) is 17.3 Å². The molecule has 8 heteroatoms. The first-order valence-corrected chi connectivity index (χ1v) is 17.2. The molecule has 5 fully saturated rings. The van der Waals surface area contributed by atoms with Gasteiger partial charge in [-0.1, -0.05) is 35.9 Å². The minimum atomic E-state index is -0.728. The number of ether oxygens (including phenoxy) is 1. The topological polar surface area (TPSA) is 80.6 Å². The second-order valence-corrected chi connectivity index (χ2v) is 14.7. The summed E-state index contributed by atoms with van der Waals surface area (Å²) >= 11 is 5.98. The average Bonchev–Trinajstić information content (AvgIpc) is 3.34. The monoisotopic (exact) mass is 659 g/mol. The van der Waals surface area contributed by atoms with Crippen molar-refractivity contribution in [1.29, 1.82) is 0 Å². The third kappa shape index (κ3) is 5.44. The standard InChI is InChI=1S/C40H38ClN3O4/c1-24-15-30(25(2)43(24)33-11-13-35(14-12-33)48-23-26-3-7-32(41)8-4-26)19-36-37(45)42-39(47)44(38(36)46)34-9-5-31(6-10-34)40-20-27-16-28(21-40)18-29(17-27)22-40/h3-15,19,27-29H,16-18,20-23H2,1-2H3,(H,42,45,47)/b36-19+. The molecule has 0 radical (unpaired) electrons. The lowest BCUT2D eigenvalue weighted by Gasteiger charge is -2.57. The van der Waals surface area contributed by atoms with Gasteiger partial charge in [-0.3, -0.25) is 14.9 Å². The Morgan fingerprint density at radius 3 is 2.06 bits per heavy atom. The molecule has 0 unspecified atom stereocenters. The summed E-state index contributed by atoms with van der Waals surface area (Å²) in [4.78, 5) is 40.9. The largest absolute Gasteiger partial charge is 0.489 e. The first-order chi connectivity index (χ1) is 23.2. The Morgan fingerprint density at radius 2 is 1.44 bits per heavy atom. The number of aromatic nitrogens is 1. The number of carbonyl (C=O) groups excluding carboxylic acids is 3. The Kier molecular flexibility index (Phi) is 7.55. The average molecular weight is 660 g/mol. The number of hydrogen-bond donors (Lipinski definition) is 1. The summed E-state index contributed by atoms with van der Waals surface area (Å²) < 4.78 is 8.01. The van der Waals surface area contributed by atoms with E-state index in [-0.39, 0.29) is 11.0 Å². The van der Waals surface area contributed by atoms with Crippen molar-refractivity contribution >= 4 is 41.2 Å². The Hall–Kier alpha value is -4.62. The minimum Gasteiger partial charge on any atom is -0.489 e. The van der Waals surface area contributed by atoms with E-state index in [9.17, 15) is 14.4 Å². The van der Waals surface area contributed by atoms with E-state index in [1.165, 1.54) is 44.1 Å². The lowest BCUT2D eigenvalue weighted by atomic mass is 9.48. The van der Waals surface area contributed by atoms with Gasteiger partial charge in [-0.2, -0.15) is 0 Å². The number of nitrogens with zero attached hydrogens (tertiary/aromatic N) is 2. The fourth-order valence-electron chi connectivity index (χ4n) is 9.25. The molecule has 0 spiro atoms. The molecule has 3 aromatic carbocycles. The lowest BCUT2D eigenvalue weighted by molar-refractivity contribution is -0.122. The number of hydrogen-bond acceptors (Lipinski definition) is 4. The predicted molar refractivity (Wildman–Crippen MR) is 186 cm³/mol. The zero-order valence-electron chi connectivity index (χ0n) is 27.2. The van der Waals surface area contributed by atoms with E-state index < -0.39 is 17.8 Å². The molecule has 5 aliphatic rings. The summed E-state index contributed by atoms with van der Waals surface area (Å²) in [5.74, 6) is 1.89. The summed E-state index contributed by atoms with van der Waals surface area (Å²) in [6.45, 7) is 4.35. The smallest absolute Gasteiger partial charge is 0.335 e. The van der Waals surface area contributed by atoms with E-state index in [1.807, 2.05) is 80.6 Å². The third-order valence-electron chi connectivity index (χ3n) is 11.1. The number of urea groups is 1. The Labute approximate surface area is 285 Å². The molecule has 1 N–H and O–H groups in total. The fourth-order valence-corrected chi connectivity index (χ4v) is 9.37. The maximum absolute atomic E-state index is 13.8. The summed E-state index contributed by atoms with van der Waals surface area (Å²) in [7, 11) is 0. The van der Waals surface area contributed by atoms with Gasteiger partial charge in [0, 0.05) is 22.1 Å². The second kappa shape index (κ2) is 11.8. The van der Waals surface area contributed by atoms with Gasteiger partial charge in [-0.05, 0) is 153 Å². The van der Waals surface area contributed by atoms with E-state index in [0.717, 1.165) is 56.6 Å². The number of rotatable bonds is 7. The maximum Gasteiger partial charge on any atom is 0.335 e. The predicted octanol–water partition coefficient (Wildman–Crippen LogP) is 8.46. The molecule has 48 heavy (non-hydrogen) atoms. The highest BCUT2D eigenvalue weighted by Gasteiger charge is 2.51. The molecule has 1 saturated heterocycles. The first-order valence-electron chi connectivity index (χ1n) is 16.8. The highest BCUT2D eigenvalue weighted by molar-refractivity contribution is 6.39. The summed E-state index contributed by atoms with van der Waals surface area (Å²) in [6, 6.07) is 24.5. The molecule has 7 nitrogen and oxygen atoms in total. The highest BCUT2D eigenvalue weighted by Crippen LogP contribution is 2.60. The molecule has 1 aliphatic heterocycles. The summed E-state index contributed by atoms with van der Waals surface area (Å²) in [5.41, 5.74) is 6.38. The molecule has 4 aliphatic carbocycles. The van der Waals surface area contributed by atoms with E-state index in [1.54, 1.807) is 6.08 Å². The fraction of sp³-hybridized carbons (Fsp3) is 0.325. The zero-order chi connectivity index (χ0) is 33.2. The Balaban J connectivity index is 1.01. The van der Waals surface area contributed by atoms with Crippen LogP contribution in [0.4, 0.5) is 10.5 Å². The number of anilines is 1. The van der Waals surface area contributed by atoms with Crippen LogP contribution in [-0.2, 0) is 21.6 Å². The lowest BCUT2D eigenvalue weighted by Crippen LogP contribution is -2.54. The van der Waals surface area contributed by atoms with Gasteiger partial charge in [-0.15, -0.1) is 0 Å². The van der Waals surface area contributed by atoms with Gasteiger partial charge in [0.15, 0.2) is 0 Å². The molecule has 4 bridgehead atoms. The number of amides is 4. The minimum absolute atomic E-state index is 0.0778. The van der Waals surface area contributed by atoms with Crippen molar-refractivity contribution in [3.05, 3.63) is 118 Å². The second-order valence-electron chi connectivity index (χ2n) is 14.3. The van der Waals surface area contributed by atoms with Crippen LogP contribution in [0.2, 0.25) is 5.02 Å². The number of barbiturate groups is 1. The van der Waals surface area contributed by atoms with E-state index in [4.69, 9.17) is 16.3 Å². The molecule has 4 saturated carbocycles. The van der Waals surface area contributed by atoms with Crippen LogP contribution in [0.3, 0.4) is 0 Å². The van der Waals surface area contributed by atoms with Gasteiger partial charge in [0.25, 0.3) is 11.8 Å². The molecule has 9 rings (SSSR count). The number of imide groups is 2. The van der Waals surface area contributed by atoms with Crippen molar-refractivity contribution in [3.63, 3.8) is 0 Å². The van der Waals surface area contributed by atoms with E-state index in [2.05, 4.69) is 22.0 Å². The van der Waals surface area contributed by atoms with E-state index >= 15 is 0 Å². The number of benzene rings is 3. The van der Waals surface area contributed by atoms with Crippen molar-refractivity contribution in [2.24, 2.45) is 17.8 Å². The highest BCUT2D eigenvalue weighted by atomic mass is 35.5. The van der Waals surface area contributed by atoms with Crippen LogP contribution >= 0.6 is 11.6 Å². The van der Waals surface area contributed by atoms with Crippen LogP contribution in [0.1, 0.15) is 66.6 Å². The molecule has 4 amide bonds. The van der Waals surface area contributed by atoms with Crippen LogP contribution in [0.15, 0.2) is 84.4 Å². The van der Waals surface area contributed by atoms with Gasteiger partial charge in [-0.25, -0.2) is 9.69 Å². The molecule has 2 heterocycles. The van der Waals surface area contributed by atoms with Crippen molar-refractivity contribution in [2.75, 3.05) is 4.90 Å². The quantitative estimate of drug-likeness (QED) is 0.159. The molecular formula is C40H38ClN3O4. The number of nitrogens with one attached hydrogen (secondary N) is 1. The molecule has 1 aromatic heterocycles. The van der Waals surface area contributed by atoms with Crippen molar-refractivity contribution in [3.8, 4) is 11.4 Å². The van der Waals surface area contributed by atoms with Crippen LogP contribution in [0.5, 0.6) is 5.75 Å². The van der Waals surface area contributed by atoms with Crippen LogP contribution in [0, 0.1) is 31.6 Å². The molecule has 4 aromatic rings. The van der Waals surface area contributed by atoms with Gasteiger partial charge in [0.1, 0.15) is 17.9 Å². The zero-order valence-corrected chi connectivity index (χ0v) is 27.9. The van der Waals surface area contributed by atoms with Gasteiger partial charge < -0.3 is 9.30 Å². The van der Waals surface area contributed by atoms with Crippen LogP contribution < -0.4 is 15.0 Å². The number of carbonyl (C=O) groups is 3. The summed E-state index contributed by atoms with van der Waals surface area (Å²) in [6.07, 6.45) is 9.43. The van der Waals surface area contributed by atoms with Crippen molar-refractivity contribution in [2.45, 2.75) is 64.4 Å². The number of aryl methyl sites for hydroxylation is 1. The van der Waals surface area contributed by atoms with Crippen molar-refractivity contribution in [1.82, 2.24) is 9.88 Å². The Bertz CT molecular complexity index is 1920. The summed E-state index contributed by atoms with van der Waals surface area (Å²) in [5, 5.41) is 3.08. The molecule has 244 valence electrons. The Morgan fingerprint density at radius 1 is 0.833 bits per heavy atom. The molecular weight excluding hydrogens is 622 g/mol. The van der Waals surface area contributed by atoms with Gasteiger partial charge >= 0.3 is 6.03 Å². The molecule has 0 atom stereocenters. The van der Waals surface area contributed by atoms with Crippen molar-refractivity contribution < 1.29 is 19.1 Å². The van der Waals surface area contributed by atoms with Crippen LogP contribution in [-0.4, -0.2) is 22.4 Å². The van der Waals surface area contributed by atoms with Crippen LogP contribution in [0.25, 0.3) is 11.8 Å². The normalized spacial score (nSPS) is 25.6. The van der Waals surface area contributed by atoms with Gasteiger partial charge in [0.05, 0.1) is 5.69 Å². The number of halogens is 1. The maximum atomic E-state index is 13.8. The van der Waals surface area contributed by atoms with Gasteiger partial charge in [0.2, 0.25) is 0 Å².